The normalized spacial score (nSPS) is 10.6. The number of fused-ring (bicyclic) bond motifs is 1. The Morgan fingerprint density at radius 3 is 2.52 bits per heavy atom. The van der Waals surface area contributed by atoms with Gasteiger partial charge < -0.3 is 14.8 Å². The third-order valence-electron chi connectivity index (χ3n) is 4.04. The number of esters is 1. The van der Waals surface area contributed by atoms with Crippen molar-refractivity contribution in [2.45, 2.75) is 20.3 Å². The SMILES string of the molecule is CCCOc1c(C(=O)OC)sc2ccc(NC(=O)c3ccc(C)cc3)cc12. The average Bonchev–Trinajstić information content (AvgIpc) is 3.04. The second-order valence-corrected chi connectivity index (χ2v) is 7.18. The van der Waals surface area contributed by atoms with E-state index in [1.54, 1.807) is 12.1 Å². The zero-order valence-corrected chi connectivity index (χ0v) is 16.3. The van der Waals surface area contributed by atoms with Crippen molar-refractivity contribution < 1.29 is 19.1 Å². The van der Waals surface area contributed by atoms with Crippen LogP contribution in [0.5, 0.6) is 5.75 Å². The average molecular weight is 383 g/mol. The number of thiophene rings is 1. The van der Waals surface area contributed by atoms with E-state index < -0.39 is 5.97 Å². The molecule has 1 heterocycles. The summed E-state index contributed by atoms with van der Waals surface area (Å²) < 4.78 is 11.6. The molecule has 0 saturated heterocycles. The van der Waals surface area contributed by atoms with E-state index in [1.807, 2.05) is 44.2 Å². The summed E-state index contributed by atoms with van der Waals surface area (Å²) in [5.41, 5.74) is 2.33. The largest absolute Gasteiger partial charge is 0.491 e. The molecule has 0 aliphatic rings. The zero-order valence-electron chi connectivity index (χ0n) is 15.5. The Balaban J connectivity index is 1.94. The van der Waals surface area contributed by atoms with E-state index in [2.05, 4.69) is 5.32 Å². The molecule has 1 amide bonds. The van der Waals surface area contributed by atoms with Gasteiger partial charge in [0.05, 0.1) is 13.7 Å². The summed E-state index contributed by atoms with van der Waals surface area (Å²) in [6.45, 7) is 4.47. The number of benzene rings is 2. The number of carbonyl (C=O) groups is 2. The van der Waals surface area contributed by atoms with Crippen LogP contribution in [-0.4, -0.2) is 25.6 Å². The van der Waals surface area contributed by atoms with E-state index in [9.17, 15) is 9.59 Å². The first kappa shape index (κ1) is 18.9. The van der Waals surface area contributed by atoms with Crippen LogP contribution in [0.25, 0.3) is 10.1 Å². The molecule has 0 aliphatic heterocycles. The Bertz CT molecular complexity index is 976. The fraction of sp³-hybridized carbons (Fsp3) is 0.238. The number of nitrogens with one attached hydrogen (secondary N) is 1. The number of hydrogen-bond donors (Lipinski definition) is 1. The zero-order chi connectivity index (χ0) is 19.4. The number of anilines is 1. The van der Waals surface area contributed by atoms with Crippen LogP contribution in [0.3, 0.4) is 0 Å². The maximum Gasteiger partial charge on any atom is 0.351 e. The first-order chi connectivity index (χ1) is 13.0. The van der Waals surface area contributed by atoms with Crippen molar-refractivity contribution in [3.8, 4) is 5.75 Å². The fourth-order valence-electron chi connectivity index (χ4n) is 2.64. The first-order valence-electron chi connectivity index (χ1n) is 8.69. The van der Waals surface area contributed by atoms with E-state index in [0.29, 0.717) is 28.5 Å². The Kier molecular flexibility index (Phi) is 5.76. The predicted molar refractivity (Wildman–Crippen MR) is 108 cm³/mol. The smallest absolute Gasteiger partial charge is 0.351 e. The highest BCUT2D eigenvalue weighted by molar-refractivity contribution is 7.21. The Hall–Kier alpha value is -2.86. The lowest BCUT2D eigenvalue weighted by molar-refractivity contribution is 0.0602. The molecule has 6 heteroatoms. The number of carbonyl (C=O) groups excluding carboxylic acids is 2. The van der Waals surface area contributed by atoms with Crippen LogP contribution in [0.1, 0.15) is 38.9 Å². The van der Waals surface area contributed by atoms with Gasteiger partial charge in [-0.3, -0.25) is 4.79 Å². The lowest BCUT2D eigenvalue weighted by atomic mass is 10.1. The summed E-state index contributed by atoms with van der Waals surface area (Å²) in [5.74, 6) is -0.100. The van der Waals surface area contributed by atoms with Gasteiger partial charge in [-0.15, -0.1) is 11.3 Å². The number of ether oxygens (including phenoxy) is 2. The maximum atomic E-state index is 12.5. The molecule has 5 nitrogen and oxygen atoms in total. The van der Waals surface area contributed by atoms with Crippen LogP contribution in [0.15, 0.2) is 42.5 Å². The quantitative estimate of drug-likeness (QED) is 0.606. The molecule has 0 fully saturated rings. The van der Waals surface area contributed by atoms with Crippen molar-refractivity contribution >= 4 is 39.0 Å². The van der Waals surface area contributed by atoms with E-state index in [4.69, 9.17) is 9.47 Å². The van der Waals surface area contributed by atoms with E-state index in [0.717, 1.165) is 22.1 Å². The summed E-state index contributed by atoms with van der Waals surface area (Å²) in [4.78, 5) is 25.0. The van der Waals surface area contributed by atoms with Gasteiger partial charge in [0.15, 0.2) is 10.6 Å². The van der Waals surface area contributed by atoms with Gasteiger partial charge in [0.1, 0.15) is 0 Å². The predicted octanol–water partition coefficient (Wildman–Crippen LogP) is 5.04. The second-order valence-electron chi connectivity index (χ2n) is 6.13. The number of methoxy groups -OCH3 is 1. The highest BCUT2D eigenvalue weighted by Gasteiger charge is 2.21. The number of hydrogen-bond acceptors (Lipinski definition) is 5. The van der Waals surface area contributed by atoms with Crippen LogP contribution in [0.4, 0.5) is 5.69 Å². The summed E-state index contributed by atoms with van der Waals surface area (Å²) in [6.07, 6.45) is 0.821. The minimum Gasteiger partial charge on any atom is -0.491 e. The van der Waals surface area contributed by atoms with Crippen molar-refractivity contribution in [2.75, 3.05) is 19.0 Å². The van der Waals surface area contributed by atoms with Crippen molar-refractivity contribution in [3.05, 3.63) is 58.5 Å². The molecule has 0 aliphatic carbocycles. The van der Waals surface area contributed by atoms with E-state index >= 15 is 0 Å². The van der Waals surface area contributed by atoms with Crippen LogP contribution < -0.4 is 10.1 Å². The van der Waals surface area contributed by atoms with Gasteiger partial charge >= 0.3 is 5.97 Å². The van der Waals surface area contributed by atoms with Gasteiger partial charge in [-0.2, -0.15) is 0 Å². The van der Waals surface area contributed by atoms with Crippen molar-refractivity contribution in [3.63, 3.8) is 0 Å². The topological polar surface area (TPSA) is 64.6 Å². The van der Waals surface area contributed by atoms with Gasteiger partial charge in [-0.25, -0.2) is 4.79 Å². The molecule has 0 unspecified atom stereocenters. The van der Waals surface area contributed by atoms with Crippen molar-refractivity contribution in [2.24, 2.45) is 0 Å². The van der Waals surface area contributed by atoms with Crippen molar-refractivity contribution in [1.82, 2.24) is 0 Å². The van der Waals surface area contributed by atoms with Gasteiger partial charge in [0, 0.05) is 21.3 Å². The highest BCUT2D eigenvalue weighted by atomic mass is 32.1. The van der Waals surface area contributed by atoms with Gasteiger partial charge in [0.2, 0.25) is 0 Å². The van der Waals surface area contributed by atoms with Crippen LogP contribution in [0.2, 0.25) is 0 Å². The standard InChI is InChI=1S/C21H21NO4S/c1-4-11-26-18-16-12-15(9-10-17(16)27-19(18)21(24)25-3)22-20(23)14-7-5-13(2)6-8-14/h5-10,12H,4,11H2,1-3H3,(H,22,23). The molecular weight excluding hydrogens is 362 g/mol. The molecule has 0 spiro atoms. The Labute approximate surface area is 161 Å². The number of rotatable bonds is 6. The summed E-state index contributed by atoms with van der Waals surface area (Å²) in [7, 11) is 1.35. The van der Waals surface area contributed by atoms with Crippen molar-refractivity contribution in [1.29, 1.82) is 0 Å². The minimum atomic E-state index is -0.424. The van der Waals surface area contributed by atoms with Gasteiger partial charge in [-0.1, -0.05) is 24.6 Å². The molecule has 3 rings (SSSR count). The fourth-order valence-corrected chi connectivity index (χ4v) is 3.68. The lowest BCUT2D eigenvalue weighted by Crippen LogP contribution is -2.11. The third kappa shape index (κ3) is 4.11. The van der Waals surface area contributed by atoms with Gasteiger partial charge in [0.25, 0.3) is 5.91 Å². The molecule has 140 valence electrons. The molecule has 1 aromatic heterocycles. The lowest BCUT2D eigenvalue weighted by Gasteiger charge is -2.08. The minimum absolute atomic E-state index is 0.186. The molecular formula is C21H21NO4S. The molecule has 27 heavy (non-hydrogen) atoms. The monoisotopic (exact) mass is 383 g/mol. The van der Waals surface area contributed by atoms with Crippen LogP contribution in [0, 0.1) is 6.92 Å². The number of aryl methyl sites for hydroxylation is 1. The van der Waals surface area contributed by atoms with E-state index in [1.165, 1.54) is 18.4 Å². The van der Waals surface area contributed by atoms with Crippen LogP contribution in [-0.2, 0) is 4.74 Å². The molecule has 0 radical (unpaired) electrons. The first-order valence-corrected chi connectivity index (χ1v) is 9.50. The molecule has 2 aromatic carbocycles. The Morgan fingerprint density at radius 1 is 1.11 bits per heavy atom. The maximum absolute atomic E-state index is 12.5. The summed E-state index contributed by atoms with van der Waals surface area (Å²) in [5, 5.41) is 3.69. The summed E-state index contributed by atoms with van der Waals surface area (Å²) in [6, 6.07) is 12.9. The molecule has 0 bridgehead atoms. The molecule has 0 atom stereocenters. The third-order valence-corrected chi connectivity index (χ3v) is 5.17. The van der Waals surface area contributed by atoms with Gasteiger partial charge in [-0.05, 0) is 43.7 Å². The molecule has 3 aromatic rings. The van der Waals surface area contributed by atoms with E-state index in [-0.39, 0.29) is 5.91 Å². The summed E-state index contributed by atoms with van der Waals surface area (Å²) >= 11 is 1.32. The Morgan fingerprint density at radius 2 is 1.85 bits per heavy atom. The highest BCUT2D eigenvalue weighted by Crippen LogP contribution is 2.39. The molecule has 1 N–H and O–H groups in total. The second kappa shape index (κ2) is 8.22. The number of amides is 1. The van der Waals surface area contributed by atoms with Crippen LogP contribution >= 0.6 is 11.3 Å². The molecule has 0 saturated carbocycles.